The maximum absolute atomic E-state index is 12.0. The molecule has 1 aromatic heterocycles. The zero-order valence-electron chi connectivity index (χ0n) is 19.7. The van der Waals surface area contributed by atoms with Crippen LogP contribution >= 0.6 is 11.3 Å². The van der Waals surface area contributed by atoms with E-state index in [4.69, 9.17) is 4.74 Å². The van der Waals surface area contributed by atoms with Gasteiger partial charge in [-0.05, 0) is 57.0 Å². The van der Waals surface area contributed by atoms with Crippen LogP contribution in [0.5, 0.6) is 5.75 Å². The largest absolute Gasteiger partial charge is 0.478 e. The molecule has 0 saturated carbocycles. The topological polar surface area (TPSA) is 46.5 Å². The molecule has 5 rings (SSSR count). The van der Waals surface area contributed by atoms with Gasteiger partial charge in [0.15, 0.2) is 6.10 Å². The van der Waals surface area contributed by atoms with Crippen molar-refractivity contribution in [2.24, 2.45) is 0 Å². The standard InChI is InChI=1S/C32H26O3S/c33-32(34)30(20-23-10-4-1-5-11-23)35-26-16-17-27(25-14-8-3-9-15-25)29(22-26)28-18-19-36-31(28)21-24-12-6-2-7-13-24/h1-19,22,30H,20-21H2,(H,33,34). The SMILES string of the molecule is O=C(O)C(Cc1ccccc1)Oc1ccc(-c2ccccc2)c(-c2ccsc2Cc2ccccc2)c1. The number of carboxylic acids is 1. The first-order chi connectivity index (χ1) is 17.7. The highest BCUT2D eigenvalue weighted by Gasteiger charge is 2.21. The number of thiophene rings is 1. The van der Waals surface area contributed by atoms with Crippen molar-refractivity contribution in [1.82, 2.24) is 0 Å². The van der Waals surface area contributed by atoms with Gasteiger partial charge in [0, 0.05) is 17.7 Å². The second-order valence-electron chi connectivity index (χ2n) is 8.63. The maximum atomic E-state index is 12.0. The lowest BCUT2D eigenvalue weighted by Gasteiger charge is -2.18. The van der Waals surface area contributed by atoms with Gasteiger partial charge in [0.05, 0.1) is 0 Å². The second-order valence-corrected chi connectivity index (χ2v) is 9.63. The third-order valence-corrected chi connectivity index (χ3v) is 7.06. The molecule has 1 heterocycles. The summed E-state index contributed by atoms with van der Waals surface area (Å²) in [5, 5.41) is 12.0. The first kappa shape index (κ1) is 23.6. The van der Waals surface area contributed by atoms with E-state index in [-0.39, 0.29) is 0 Å². The number of rotatable bonds is 9. The van der Waals surface area contributed by atoms with Crippen LogP contribution in [0.4, 0.5) is 0 Å². The molecule has 178 valence electrons. The lowest BCUT2D eigenvalue weighted by molar-refractivity contribution is -0.145. The normalized spacial score (nSPS) is 11.7. The molecule has 3 nitrogen and oxygen atoms in total. The average Bonchev–Trinajstić information content (AvgIpc) is 3.38. The fourth-order valence-corrected chi connectivity index (χ4v) is 5.28. The van der Waals surface area contributed by atoms with Crippen LogP contribution in [-0.2, 0) is 17.6 Å². The maximum Gasteiger partial charge on any atom is 0.345 e. The Balaban J connectivity index is 1.52. The molecule has 0 saturated heterocycles. The van der Waals surface area contributed by atoms with Crippen molar-refractivity contribution in [2.75, 3.05) is 0 Å². The number of benzene rings is 4. The third kappa shape index (κ3) is 5.56. The van der Waals surface area contributed by atoms with Crippen molar-refractivity contribution in [2.45, 2.75) is 18.9 Å². The van der Waals surface area contributed by atoms with E-state index in [1.54, 1.807) is 11.3 Å². The fourth-order valence-electron chi connectivity index (χ4n) is 4.36. The number of carboxylic acid groups (broad SMARTS) is 1. The van der Waals surface area contributed by atoms with Crippen molar-refractivity contribution in [1.29, 1.82) is 0 Å². The van der Waals surface area contributed by atoms with Crippen molar-refractivity contribution < 1.29 is 14.6 Å². The zero-order chi connectivity index (χ0) is 24.7. The first-order valence-electron chi connectivity index (χ1n) is 11.9. The van der Waals surface area contributed by atoms with Gasteiger partial charge in [0.1, 0.15) is 5.75 Å². The Hall–Kier alpha value is -4.15. The van der Waals surface area contributed by atoms with E-state index in [0.29, 0.717) is 12.2 Å². The van der Waals surface area contributed by atoms with Crippen LogP contribution in [0.15, 0.2) is 121 Å². The number of hydrogen-bond donors (Lipinski definition) is 1. The highest BCUT2D eigenvalue weighted by molar-refractivity contribution is 7.10. The summed E-state index contributed by atoms with van der Waals surface area (Å²) < 4.78 is 6.07. The van der Waals surface area contributed by atoms with Crippen molar-refractivity contribution in [3.63, 3.8) is 0 Å². The Bertz CT molecular complexity index is 1430. The fraction of sp³-hybridized carbons (Fsp3) is 0.0938. The van der Waals surface area contributed by atoms with E-state index in [9.17, 15) is 9.90 Å². The molecule has 4 heteroatoms. The molecule has 1 N–H and O–H groups in total. The summed E-state index contributed by atoms with van der Waals surface area (Å²) >= 11 is 1.73. The predicted molar refractivity (Wildman–Crippen MR) is 147 cm³/mol. The van der Waals surface area contributed by atoms with E-state index in [0.717, 1.165) is 34.2 Å². The van der Waals surface area contributed by atoms with Crippen LogP contribution in [0.3, 0.4) is 0 Å². The van der Waals surface area contributed by atoms with Crippen molar-refractivity contribution in [3.05, 3.63) is 137 Å². The molecule has 0 aliphatic rings. The lowest BCUT2D eigenvalue weighted by atomic mass is 9.93. The molecular weight excluding hydrogens is 464 g/mol. The average molecular weight is 491 g/mol. The molecule has 4 aromatic carbocycles. The number of hydrogen-bond acceptors (Lipinski definition) is 3. The summed E-state index contributed by atoms with van der Waals surface area (Å²) in [5.41, 5.74) is 6.55. The van der Waals surface area contributed by atoms with Gasteiger partial charge >= 0.3 is 5.97 Å². The summed E-state index contributed by atoms with van der Waals surface area (Å²) in [6.45, 7) is 0. The molecule has 0 amide bonds. The van der Waals surface area contributed by atoms with Gasteiger partial charge in [-0.2, -0.15) is 0 Å². The zero-order valence-corrected chi connectivity index (χ0v) is 20.5. The molecular formula is C32H26O3S. The minimum Gasteiger partial charge on any atom is -0.478 e. The summed E-state index contributed by atoms with van der Waals surface area (Å²) in [5.74, 6) is -0.433. The van der Waals surface area contributed by atoms with E-state index in [1.165, 1.54) is 10.4 Å². The molecule has 1 atom stereocenters. The minimum atomic E-state index is -0.979. The third-order valence-electron chi connectivity index (χ3n) is 6.14. The van der Waals surface area contributed by atoms with Crippen molar-refractivity contribution >= 4 is 17.3 Å². The van der Waals surface area contributed by atoms with Crippen LogP contribution in [0.25, 0.3) is 22.3 Å². The lowest BCUT2D eigenvalue weighted by Crippen LogP contribution is -2.29. The second kappa shape index (κ2) is 11.1. The highest BCUT2D eigenvalue weighted by atomic mass is 32.1. The van der Waals surface area contributed by atoms with Gasteiger partial charge in [0.2, 0.25) is 0 Å². The van der Waals surface area contributed by atoms with Gasteiger partial charge in [0.25, 0.3) is 0 Å². The quantitative estimate of drug-likeness (QED) is 0.230. The van der Waals surface area contributed by atoms with Crippen LogP contribution in [0.2, 0.25) is 0 Å². The Morgan fingerprint density at radius 2 is 1.36 bits per heavy atom. The summed E-state index contributed by atoms with van der Waals surface area (Å²) in [6.07, 6.45) is 0.150. The molecule has 36 heavy (non-hydrogen) atoms. The van der Waals surface area contributed by atoms with Crippen LogP contribution in [-0.4, -0.2) is 17.2 Å². The smallest absolute Gasteiger partial charge is 0.345 e. The van der Waals surface area contributed by atoms with E-state index < -0.39 is 12.1 Å². The van der Waals surface area contributed by atoms with Crippen molar-refractivity contribution in [3.8, 4) is 28.0 Å². The number of carbonyl (C=O) groups is 1. The summed E-state index contributed by atoms with van der Waals surface area (Å²) in [4.78, 5) is 13.3. The Morgan fingerprint density at radius 3 is 2.03 bits per heavy atom. The van der Waals surface area contributed by atoms with Gasteiger partial charge in [-0.15, -0.1) is 11.3 Å². The molecule has 5 aromatic rings. The summed E-state index contributed by atoms with van der Waals surface area (Å²) in [7, 11) is 0. The van der Waals surface area contributed by atoms with E-state index >= 15 is 0 Å². The molecule has 0 radical (unpaired) electrons. The highest BCUT2D eigenvalue weighted by Crippen LogP contribution is 2.39. The monoisotopic (exact) mass is 490 g/mol. The Labute approximate surface area is 215 Å². The molecule has 0 bridgehead atoms. The van der Waals surface area contributed by atoms with E-state index in [1.807, 2.05) is 72.8 Å². The van der Waals surface area contributed by atoms with Crippen LogP contribution in [0.1, 0.15) is 16.0 Å². The van der Waals surface area contributed by atoms with Gasteiger partial charge in [-0.1, -0.05) is 97.1 Å². The molecule has 0 aliphatic heterocycles. The Kier molecular flexibility index (Phi) is 7.25. The van der Waals surface area contributed by atoms with E-state index in [2.05, 4.69) is 47.8 Å². The predicted octanol–water partition coefficient (Wildman–Crippen LogP) is 7.75. The summed E-state index contributed by atoms with van der Waals surface area (Å²) in [6, 6.07) is 38.3. The molecule has 0 fully saturated rings. The minimum absolute atomic E-state index is 0.295. The van der Waals surface area contributed by atoms with Gasteiger partial charge in [-0.25, -0.2) is 4.79 Å². The van der Waals surface area contributed by atoms with Crippen LogP contribution in [0, 0.1) is 0 Å². The van der Waals surface area contributed by atoms with Gasteiger partial charge < -0.3 is 9.84 Å². The molecule has 0 aliphatic carbocycles. The number of ether oxygens (including phenoxy) is 1. The number of aliphatic carboxylic acids is 1. The molecule has 0 spiro atoms. The van der Waals surface area contributed by atoms with Crippen LogP contribution < -0.4 is 4.74 Å². The molecule has 1 unspecified atom stereocenters. The first-order valence-corrected chi connectivity index (χ1v) is 12.8. The Morgan fingerprint density at radius 1 is 0.722 bits per heavy atom. The van der Waals surface area contributed by atoms with Gasteiger partial charge in [-0.3, -0.25) is 0 Å².